The molecule has 7 heteroatoms. The maximum atomic E-state index is 12.1. The fourth-order valence-electron chi connectivity index (χ4n) is 2.17. The largest absolute Gasteiger partial charge is 0.507 e. The molecule has 0 saturated heterocycles. The number of ether oxygens (including phenoxy) is 3. The third-order valence-corrected chi connectivity index (χ3v) is 3.21. The van der Waals surface area contributed by atoms with Crippen LogP contribution in [0.5, 0.6) is 17.2 Å². The maximum Gasteiger partial charge on any atom is 0.310 e. The summed E-state index contributed by atoms with van der Waals surface area (Å²) in [4.78, 5) is 26.2. The molecule has 0 aliphatic heterocycles. The van der Waals surface area contributed by atoms with Crippen molar-refractivity contribution in [2.75, 3.05) is 20.8 Å². The van der Waals surface area contributed by atoms with Gasteiger partial charge in [0.15, 0.2) is 11.5 Å². The van der Waals surface area contributed by atoms with Gasteiger partial charge in [-0.15, -0.1) is 0 Å². The number of H-pyrrole nitrogens is 1. The van der Waals surface area contributed by atoms with Crippen molar-refractivity contribution < 1.29 is 24.1 Å². The predicted octanol–water partition coefficient (Wildman–Crippen LogP) is 1.36. The number of fused-ring (bicyclic) bond motifs is 1. The van der Waals surface area contributed by atoms with E-state index in [4.69, 9.17) is 14.2 Å². The number of benzene rings is 1. The Labute approximate surface area is 126 Å². The van der Waals surface area contributed by atoms with E-state index >= 15 is 0 Å². The van der Waals surface area contributed by atoms with Crippen molar-refractivity contribution in [2.24, 2.45) is 0 Å². The molecule has 7 nitrogen and oxygen atoms in total. The van der Waals surface area contributed by atoms with E-state index in [1.807, 2.05) is 0 Å². The lowest BCUT2D eigenvalue weighted by Crippen LogP contribution is -2.18. The smallest absolute Gasteiger partial charge is 0.310 e. The zero-order chi connectivity index (χ0) is 16.3. The van der Waals surface area contributed by atoms with Gasteiger partial charge in [-0.05, 0) is 13.0 Å². The zero-order valence-corrected chi connectivity index (χ0v) is 12.6. The topological polar surface area (TPSA) is 97.8 Å². The highest BCUT2D eigenvalue weighted by Gasteiger charge is 2.18. The molecule has 2 rings (SSSR count). The quantitative estimate of drug-likeness (QED) is 0.809. The minimum absolute atomic E-state index is 0.0434. The molecule has 0 radical (unpaired) electrons. The Kier molecular flexibility index (Phi) is 4.55. The van der Waals surface area contributed by atoms with Crippen molar-refractivity contribution >= 4 is 16.9 Å². The molecule has 1 heterocycles. The van der Waals surface area contributed by atoms with Crippen molar-refractivity contribution in [2.45, 2.75) is 13.3 Å². The highest BCUT2D eigenvalue weighted by molar-refractivity contribution is 5.90. The van der Waals surface area contributed by atoms with Gasteiger partial charge in [-0.3, -0.25) is 9.59 Å². The lowest BCUT2D eigenvalue weighted by atomic mass is 10.1. The average molecular weight is 307 g/mol. The van der Waals surface area contributed by atoms with Crippen LogP contribution in [0.4, 0.5) is 0 Å². The van der Waals surface area contributed by atoms with Gasteiger partial charge in [0.1, 0.15) is 5.75 Å². The Hall–Kier alpha value is -2.70. The summed E-state index contributed by atoms with van der Waals surface area (Å²) >= 11 is 0. The average Bonchev–Trinajstić information content (AvgIpc) is 2.50. The number of hydrogen-bond acceptors (Lipinski definition) is 6. The lowest BCUT2D eigenvalue weighted by Gasteiger charge is -2.11. The van der Waals surface area contributed by atoms with E-state index in [1.54, 1.807) is 13.0 Å². The van der Waals surface area contributed by atoms with Crippen LogP contribution in [0.2, 0.25) is 0 Å². The predicted molar refractivity (Wildman–Crippen MR) is 79.7 cm³/mol. The molecule has 0 spiro atoms. The number of carbonyl (C=O) groups is 1. The van der Waals surface area contributed by atoms with Gasteiger partial charge in [0, 0.05) is 11.5 Å². The Morgan fingerprint density at radius 1 is 1.23 bits per heavy atom. The summed E-state index contributed by atoms with van der Waals surface area (Å²) in [6.45, 7) is 1.87. The number of pyridine rings is 1. The van der Waals surface area contributed by atoms with Crippen LogP contribution in [0.25, 0.3) is 10.9 Å². The van der Waals surface area contributed by atoms with Crippen LogP contribution < -0.4 is 15.0 Å². The molecule has 2 N–H and O–H groups in total. The van der Waals surface area contributed by atoms with Crippen molar-refractivity contribution in [3.63, 3.8) is 0 Å². The first-order chi connectivity index (χ1) is 10.5. The van der Waals surface area contributed by atoms with Crippen molar-refractivity contribution in [3.8, 4) is 17.2 Å². The standard InChI is InChI=1S/C15H17NO6/c1-4-22-13(17)6-9-14(18)8-5-11(20-2)12(21-3)7-10(8)16-15(9)19/h5,7H,4,6H2,1-3H3,(H2,16,18,19). The molecule has 22 heavy (non-hydrogen) atoms. The summed E-state index contributed by atoms with van der Waals surface area (Å²) in [6, 6.07) is 3.08. The summed E-state index contributed by atoms with van der Waals surface area (Å²) in [7, 11) is 2.93. The van der Waals surface area contributed by atoms with Crippen LogP contribution >= 0.6 is 0 Å². The Morgan fingerprint density at radius 3 is 2.45 bits per heavy atom. The van der Waals surface area contributed by atoms with Crippen LogP contribution in [0, 0.1) is 0 Å². The molecule has 118 valence electrons. The SMILES string of the molecule is CCOC(=O)Cc1c(O)c2cc(OC)c(OC)cc2[nH]c1=O. The van der Waals surface area contributed by atoms with E-state index < -0.39 is 11.5 Å². The molecule has 0 aliphatic rings. The van der Waals surface area contributed by atoms with Gasteiger partial charge in [-0.2, -0.15) is 0 Å². The number of aromatic hydroxyl groups is 1. The molecule has 1 aromatic heterocycles. The molecule has 0 saturated carbocycles. The van der Waals surface area contributed by atoms with Crippen LogP contribution in [-0.2, 0) is 16.0 Å². The molecule has 0 bridgehead atoms. The van der Waals surface area contributed by atoms with Crippen molar-refractivity contribution in [1.82, 2.24) is 4.98 Å². The Morgan fingerprint density at radius 2 is 1.86 bits per heavy atom. The fourth-order valence-corrected chi connectivity index (χ4v) is 2.17. The lowest BCUT2D eigenvalue weighted by molar-refractivity contribution is -0.142. The monoisotopic (exact) mass is 307 g/mol. The number of nitrogens with one attached hydrogen (secondary N) is 1. The second-order valence-corrected chi connectivity index (χ2v) is 4.52. The number of aromatic amines is 1. The molecule has 0 amide bonds. The van der Waals surface area contributed by atoms with Crippen LogP contribution in [0.3, 0.4) is 0 Å². The van der Waals surface area contributed by atoms with Gasteiger partial charge in [0.2, 0.25) is 0 Å². The number of carbonyl (C=O) groups excluding carboxylic acids is 1. The summed E-state index contributed by atoms with van der Waals surface area (Å²) in [6.07, 6.45) is -0.306. The Balaban J connectivity index is 2.61. The van der Waals surface area contributed by atoms with Crippen LogP contribution in [0.15, 0.2) is 16.9 Å². The van der Waals surface area contributed by atoms with E-state index in [2.05, 4.69) is 4.98 Å². The molecule has 0 fully saturated rings. The van der Waals surface area contributed by atoms with Gasteiger partial charge in [-0.25, -0.2) is 0 Å². The molecular weight excluding hydrogens is 290 g/mol. The fraction of sp³-hybridized carbons (Fsp3) is 0.333. The molecule has 0 aliphatic carbocycles. The highest BCUT2D eigenvalue weighted by Crippen LogP contribution is 2.35. The third kappa shape index (κ3) is 2.83. The normalized spacial score (nSPS) is 10.5. The molecule has 1 aromatic carbocycles. The van der Waals surface area contributed by atoms with E-state index in [1.165, 1.54) is 20.3 Å². The molecule has 0 unspecified atom stereocenters. The molecule has 2 aromatic rings. The van der Waals surface area contributed by atoms with Gasteiger partial charge >= 0.3 is 5.97 Å². The van der Waals surface area contributed by atoms with Gasteiger partial charge < -0.3 is 24.3 Å². The number of methoxy groups -OCH3 is 2. The first-order valence-electron chi connectivity index (χ1n) is 6.67. The summed E-state index contributed by atoms with van der Waals surface area (Å²) in [5.74, 6) is -0.0292. The number of rotatable bonds is 5. The molecular formula is C15H17NO6. The third-order valence-electron chi connectivity index (χ3n) is 3.21. The first-order valence-corrected chi connectivity index (χ1v) is 6.67. The van der Waals surface area contributed by atoms with E-state index in [0.717, 1.165) is 0 Å². The summed E-state index contributed by atoms with van der Waals surface area (Å²) in [5, 5.41) is 10.7. The second kappa shape index (κ2) is 6.38. The van der Waals surface area contributed by atoms with Crippen LogP contribution in [0.1, 0.15) is 12.5 Å². The highest BCUT2D eigenvalue weighted by atomic mass is 16.5. The van der Waals surface area contributed by atoms with Crippen molar-refractivity contribution in [1.29, 1.82) is 0 Å². The number of aromatic nitrogens is 1. The number of esters is 1. The van der Waals surface area contributed by atoms with E-state index in [0.29, 0.717) is 22.4 Å². The first kappa shape index (κ1) is 15.7. The minimum atomic E-state index is -0.580. The van der Waals surface area contributed by atoms with E-state index in [9.17, 15) is 14.7 Å². The zero-order valence-electron chi connectivity index (χ0n) is 12.6. The number of hydrogen-bond donors (Lipinski definition) is 2. The van der Waals surface area contributed by atoms with Gasteiger partial charge in [0.25, 0.3) is 5.56 Å². The molecule has 0 atom stereocenters. The van der Waals surface area contributed by atoms with E-state index in [-0.39, 0.29) is 24.3 Å². The van der Waals surface area contributed by atoms with Crippen molar-refractivity contribution in [3.05, 3.63) is 28.0 Å². The summed E-state index contributed by atoms with van der Waals surface area (Å²) < 4.78 is 15.1. The summed E-state index contributed by atoms with van der Waals surface area (Å²) in [5.41, 5.74) is -0.212. The minimum Gasteiger partial charge on any atom is -0.507 e. The Bertz CT molecular complexity index is 765. The van der Waals surface area contributed by atoms with Gasteiger partial charge in [0.05, 0.1) is 38.3 Å². The van der Waals surface area contributed by atoms with Crippen LogP contribution in [-0.4, -0.2) is 36.9 Å². The second-order valence-electron chi connectivity index (χ2n) is 4.52. The van der Waals surface area contributed by atoms with Gasteiger partial charge in [-0.1, -0.05) is 0 Å². The maximum absolute atomic E-state index is 12.1.